The van der Waals surface area contributed by atoms with Gasteiger partial charge in [-0.3, -0.25) is 9.69 Å². The van der Waals surface area contributed by atoms with Gasteiger partial charge in [-0.1, -0.05) is 59.6 Å². The molecular formula is C26H21Cl2N3O2S. The fraction of sp³-hybridized carbons (Fsp3) is 0.192. The zero-order valence-electron chi connectivity index (χ0n) is 18.1. The van der Waals surface area contributed by atoms with Crippen LogP contribution in [0.3, 0.4) is 0 Å². The highest BCUT2D eigenvalue weighted by atomic mass is 35.5. The van der Waals surface area contributed by atoms with E-state index < -0.39 is 6.17 Å². The molecule has 0 spiro atoms. The van der Waals surface area contributed by atoms with E-state index in [-0.39, 0.29) is 5.91 Å². The number of halogens is 2. The van der Waals surface area contributed by atoms with Crippen LogP contribution in [0.15, 0.2) is 65.1 Å². The second-order valence-corrected chi connectivity index (χ2v) is 10.4. The summed E-state index contributed by atoms with van der Waals surface area (Å²) in [5.41, 5.74) is 3.96. The second-order valence-electron chi connectivity index (χ2n) is 8.51. The summed E-state index contributed by atoms with van der Waals surface area (Å²) < 4.78 is 6.07. The van der Waals surface area contributed by atoms with Crippen molar-refractivity contribution in [2.45, 2.75) is 25.7 Å². The number of carbonyl (C=O) groups excluding carboxylic acids is 1. The van der Waals surface area contributed by atoms with Crippen LogP contribution in [0.1, 0.15) is 38.3 Å². The number of fused-ring (bicyclic) bond motifs is 3. The lowest BCUT2D eigenvalue weighted by Gasteiger charge is -2.28. The van der Waals surface area contributed by atoms with Gasteiger partial charge in [-0.15, -0.1) is 11.3 Å². The molecule has 5 nitrogen and oxygen atoms in total. The molecule has 0 saturated carbocycles. The molecule has 2 aliphatic rings. The summed E-state index contributed by atoms with van der Waals surface area (Å²) in [6, 6.07) is 19.6. The zero-order valence-corrected chi connectivity index (χ0v) is 20.4. The first-order valence-corrected chi connectivity index (χ1v) is 12.7. The molecule has 2 aliphatic heterocycles. The molecule has 172 valence electrons. The normalized spacial score (nSPS) is 17.6. The van der Waals surface area contributed by atoms with Gasteiger partial charge in [0.15, 0.2) is 6.17 Å². The SMILES string of the molecule is O=C1N[C@@H](c2ccc(-c3cccc(Cl)c3Cl)o2)Nc2sc3c(c21)CCN(Cc1ccccc1)C3. The third-order valence-corrected chi connectivity index (χ3v) is 8.26. The minimum atomic E-state index is -0.452. The number of carbonyl (C=O) groups is 1. The molecule has 0 saturated heterocycles. The Hall–Kier alpha value is -2.77. The molecule has 0 radical (unpaired) electrons. The predicted molar refractivity (Wildman–Crippen MR) is 137 cm³/mol. The number of benzene rings is 2. The van der Waals surface area contributed by atoms with Crippen LogP contribution in [0.25, 0.3) is 11.3 Å². The monoisotopic (exact) mass is 509 g/mol. The molecule has 6 rings (SSSR count). The standard InChI is InChI=1S/C26H21Cl2N3O2S/c27-18-8-4-7-16(23(18)28)19-9-10-20(33-19)24-29-25(32)22-17-11-12-31(13-15-5-2-1-3-6-15)14-21(17)34-26(22)30-24/h1-10,24,30H,11-14H2,(H,29,32)/t24-/m1/s1. The van der Waals surface area contributed by atoms with Crippen molar-refractivity contribution >= 4 is 45.4 Å². The summed E-state index contributed by atoms with van der Waals surface area (Å²) in [5.74, 6) is 1.15. The average molecular weight is 510 g/mol. The Morgan fingerprint density at radius 3 is 2.74 bits per heavy atom. The molecule has 2 aromatic heterocycles. The highest BCUT2D eigenvalue weighted by Gasteiger charge is 2.34. The van der Waals surface area contributed by atoms with Crippen LogP contribution in [0.4, 0.5) is 5.00 Å². The van der Waals surface area contributed by atoms with Crippen molar-refractivity contribution < 1.29 is 9.21 Å². The van der Waals surface area contributed by atoms with Crippen molar-refractivity contribution in [3.8, 4) is 11.3 Å². The number of nitrogens with zero attached hydrogens (tertiary/aromatic N) is 1. The minimum Gasteiger partial charge on any atom is -0.457 e. The van der Waals surface area contributed by atoms with Gasteiger partial charge in [0.1, 0.15) is 16.5 Å². The van der Waals surface area contributed by atoms with Gasteiger partial charge in [0.05, 0.1) is 15.6 Å². The Bertz CT molecular complexity index is 1380. The third-order valence-electron chi connectivity index (χ3n) is 6.29. The number of rotatable bonds is 4. The molecule has 4 heterocycles. The van der Waals surface area contributed by atoms with E-state index in [1.165, 1.54) is 16.0 Å². The van der Waals surface area contributed by atoms with Gasteiger partial charge in [0.25, 0.3) is 5.91 Å². The first kappa shape index (κ1) is 21.7. The van der Waals surface area contributed by atoms with Gasteiger partial charge >= 0.3 is 0 Å². The topological polar surface area (TPSA) is 57.5 Å². The van der Waals surface area contributed by atoms with Gasteiger partial charge in [0, 0.05) is 30.1 Å². The Morgan fingerprint density at radius 1 is 1.03 bits per heavy atom. The Kier molecular flexibility index (Phi) is 5.62. The maximum Gasteiger partial charge on any atom is 0.256 e. The first-order valence-electron chi connectivity index (χ1n) is 11.1. The van der Waals surface area contributed by atoms with E-state index >= 15 is 0 Å². The number of furan rings is 1. The highest BCUT2D eigenvalue weighted by Crippen LogP contribution is 2.42. The van der Waals surface area contributed by atoms with E-state index in [1.807, 2.05) is 30.3 Å². The Labute approximate surface area is 211 Å². The molecule has 2 aromatic carbocycles. The van der Waals surface area contributed by atoms with Crippen molar-refractivity contribution in [2.24, 2.45) is 0 Å². The molecule has 4 aromatic rings. The molecule has 0 aliphatic carbocycles. The van der Waals surface area contributed by atoms with Crippen LogP contribution < -0.4 is 10.6 Å². The summed E-state index contributed by atoms with van der Waals surface area (Å²) in [7, 11) is 0. The molecule has 0 bridgehead atoms. The van der Waals surface area contributed by atoms with E-state index in [0.29, 0.717) is 27.1 Å². The number of hydrogen-bond donors (Lipinski definition) is 2. The summed E-state index contributed by atoms with van der Waals surface area (Å²) in [6.45, 7) is 2.69. The molecule has 34 heavy (non-hydrogen) atoms. The quantitative estimate of drug-likeness (QED) is 0.320. The summed E-state index contributed by atoms with van der Waals surface area (Å²) in [5, 5.41) is 8.34. The molecule has 8 heteroatoms. The number of amides is 1. The summed E-state index contributed by atoms with van der Waals surface area (Å²) >= 11 is 14.2. The summed E-state index contributed by atoms with van der Waals surface area (Å²) in [4.78, 5) is 16.8. The van der Waals surface area contributed by atoms with E-state index in [9.17, 15) is 4.79 Å². The van der Waals surface area contributed by atoms with E-state index in [4.69, 9.17) is 27.6 Å². The summed E-state index contributed by atoms with van der Waals surface area (Å²) in [6.07, 6.45) is 0.415. The van der Waals surface area contributed by atoms with Crippen LogP contribution in [-0.2, 0) is 19.5 Å². The van der Waals surface area contributed by atoms with E-state index in [1.54, 1.807) is 17.4 Å². The van der Waals surface area contributed by atoms with Crippen molar-refractivity contribution in [2.75, 3.05) is 11.9 Å². The van der Waals surface area contributed by atoms with E-state index in [0.717, 1.165) is 36.6 Å². The third kappa shape index (κ3) is 3.91. The molecule has 2 N–H and O–H groups in total. The smallest absolute Gasteiger partial charge is 0.256 e. The lowest BCUT2D eigenvalue weighted by Crippen LogP contribution is -2.38. The molecule has 1 atom stereocenters. The lowest BCUT2D eigenvalue weighted by atomic mass is 10.0. The van der Waals surface area contributed by atoms with Gasteiger partial charge in [-0.2, -0.15) is 0 Å². The molecule has 0 fully saturated rings. The van der Waals surface area contributed by atoms with Crippen molar-refractivity contribution in [3.05, 3.63) is 98.0 Å². The van der Waals surface area contributed by atoms with Gasteiger partial charge in [0.2, 0.25) is 0 Å². The lowest BCUT2D eigenvalue weighted by molar-refractivity contribution is 0.0930. The van der Waals surface area contributed by atoms with Gasteiger partial charge in [-0.05, 0) is 41.8 Å². The average Bonchev–Trinajstić information content (AvgIpc) is 3.46. The number of hydrogen-bond acceptors (Lipinski definition) is 5. The molecular weight excluding hydrogens is 489 g/mol. The second kappa shape index (κ2) is 8.78. The number of nitrogens with one attached hydrogen (secondary N) is 2. The van der Waals surface area contributed by atoms with Crippen LogP contribution in [-0.4, -0.2) is 17.4 Å². The van der Waals surface area contributed by atoms with Crippen molar-refractivity contribution in [1.29, 1.82) is 0 Å². The minimum absolute atomic E-state index is 0.0634. The molecule has 0 unspecified atom stereocenters. The van der Waals surface area contributed by atoms with Crippen LogP contribution in [0.5, 0.6) is 0 Å². The zero-order chi connectivity index (χ0) is 23.2. The number of anilines is 1. The van der Waals surface area contributed by atoms with Crippen LogP contribution >= 0.6 is 34.5 Å². The maximum absolute atomic E-state index is 13.1. The van der Waals surface area contributed by atoms with Crippen molar-refractivity contribution in [1.82, 2.24) is 10.2 Å². The predicted octanol–water partition coefficient (Wildman–Crippen LogP) is 6.73. The van der Waals surface area contributed by atoms with Crippen LogP contribution in [0, 0.1) is 0 Å². The fourth-order valence-electron chi connectivity index (χ4n) is 4.63. The van der Waals surface area contributed by atoms with Gasteiger partial charge < -0.3 is 15.1 Å². The first-order chi connectivity index (χ1) is 16.6. The van der Waals surface area contributed by atoms with Crippen molar-refractivity contribution in [3.63, 3.8) is 0 Å². The maximum atomic E-state index is 13.1. The Morgan fingerprint density at radius 2 is 1.88 bits per heavy atom. The largest absolute Gasteiger partial charge is 0.457 e. The Balaban J connectivity index is 1.23. The van der Waals surface area contributed by atoms with Crippen LogP contribution in [0.2, 0.25) is 10.0 Å². The highest BCUT2D eigenvalue weighted by molar-refractivity contribution is 7.16. The number of thiophene rings is 1. The molecule has 1 amide bonds. The van der Waals surface area contributed by atoms with E-state index in [2.05, 4.69) is 39.8 Å². The van der Waals surface area contributed by atoms with Gasteiger partial charge in [-0.25, -0.2) is 0 Å². The fourth-order valence-corrected chi connectivity index (χ4v) is 6.34.